The number of anilines is 1. The molecule has 1 aliphatic heterocycles. The summed E-state index contributed by atoms with van der Waals surface area (Å²) in [5.41, 5.74) is 2.44. The number of benzene rings is 2. The van der Waals surface area contributed by atoms with Crippen LogP contribution in [0.25, 0.3) is 0 Å². The van der Waals surface area contributed by atoms with E-state index in [1.807, 2.05) is 19.1 Å². The molecule has 5 fully saturated rings. The molecule has 1 saturated heterocycles. The van der Waals surface area contributed by atoms with E-state index >= 15 is 0 Å². The molecule has 1 atom stereocenters. The van der Waals surface area contributed by atoms with Gasteiger partial charge in [-0.25, -0.2) is 9.18 Å². The number of esters is 1. The fourth-order valence-corrected chi connectivity index (χ4v) is 8.25. The third-order valence-corrected chi connectivity index (χ3v) is 9.23. The highest BCUT2D eigenvalue weighted by atomic mass is 32.2. The van der Waals surface area contributed by atoms with Crippen LogP contribution in [-0.4, -0.2) is 23.2 Å². The van der Waals surface area contributed by atoms with Crippen LogP contribution in [0.5, 0.6) is 0 Å². The number of carbonyl (C=O) groups is 2. The smallest absolute Gasteiger partial charge is 0.340 e. The number of amides is 1. The first-order valence-corrected chi connectivity index (χ1v) is 13.0. The van der Waals surface area contributed by atoms with Crippen molar-refractivity contribution < 1.29 is 18.7 Å². The Morgan fingerprint density at radius 2 is 1.67 bits per heavy atom. The van der Waals surface area contributed by atoms with Crippen LogP contribution >= 0.6 is 11.8 Å². The fourth-order valence-electron chi connectivity index (χ4n) is 7.09. The Balaban J connectivity index is 1.34. The molecule has 0 aromatic heterocycles. The van der Waals surface area contributed by atoms with Crippen LogP contribution in [0.1, 0.15) is 65.4 Å². The second kappa shape index (κ2) is 7.86. The van der Waals surface area contributed by atoms with E-state index in [1.54, 1.807) is 23.1 Å². The monoisotopic (exact) mass is 465 g/mol. The van der Waals surface area contributed by atoms with E-state index in [0.717, 1.165) is 30.4 Å². The highest BCUT2D eigenvalue weighted by molar-refractivity contribution is 8.00. The standard InChI is InChI=1S/C27H28FNO3S/c1-16-3-2-4-22(26(31)32-27-12-17-9-18(13-27)11-19(10-17)14-27)24(16)29-23(30)15-33-25(29)20-5-7-21(28)8-6-20/h2-8,17-19,25H,9-15H2,1H3. The summed E-state index contributed by atoms with van der Waals surface area (Å²) in [4.78, 5) is 28.4. The summed E-state index contributed by atoms with van der Waals surface area (Å²) in [5, 5.41) is -0.301. The molecule has 1 unspecified atom stereocenters. The van der Waals surface area contributed by atoms with E-state index in [1.165, 1.54) is 43.2 Å². The highest BCUT2D eigenvalue weighted by Gasteiger charge is 2.53. The highest BCUT2D eigenvalue weighted by Crippen LogP contribution is 2.57. The molecule has 6 heteroatoms. The number of rotatable bonds is 4. The van der Waals surface area contributed by atoms with Gasteiger partial charge in [0, 0.05) is 0 Å². The van der Waals surface area contributed by atoms with Crippen LogP contribution in [0.2, 0.25) is 0 Å². The van der Waals surface area contributed by atoms with Gasteiger partial charge >= 0.3 is 5.97 Å². The first-order valence-electron chi connectivity index (χ1n) is 11.9. The molecule has 4 bridgehead atoms. The van der Waals surface area contributed by atoms with E-state index < -0.39 is 0 Å². The molecule has 7 rings (SSSR count). The number of ether oxygens (including phenoxy) is 1. The van der Waals surface area contributed by atoms with Crippen LogP contribution < -0.4 is 4.90 Å². The maximum absolute atomic E-state index is 13.6. The number of hydrogen-bond acceptors (Lipinski definition) is 4. The molecule has 33 heavy (non-hydrogen) atoms. The van der Waals surface area contributed by atoms with Crippen molar-refractivity contribution in [1.82, 2.24) is 0 Å². The van der Waals surface area contributed by atoms with Gasteiger partial charge in [-0.3, -0.25) is 9.69 Å². The molecule has 2 aromatic rings. The predicted octanol–water partition coefficient (Wildman–Crippen LogP) is 6.04. The summed E-state index contributed by atoms with van der Waals surface area (Å²) in [5.74, 6) is 1.68. The van der Waals surface area contributed by atoms with E-state index in [2.05, 4.69) is 0 Å². The molecule has 0 radical (unpaired) electrons. The van der Waals surface area contributed by atoms with Crippen LogP contribution in [0.15, 0.2) is 42.5 Å². The van der Waals surface area contributed by atoms with Gasteiger partial charge in [0.25, 0.3) is 0 Å². The Morgan fingerprint density at radius 1 is 1.03 bits per heavy atom. The van der Waals surface area contributed by atoms with E-state index in [-0.39, 0.29) is 28.7 Å². The minimum Gasteiger partial charge on any atom is -0.455 e. The first-order chi connectivity index (χ1) is 15.9. The summed E-state index contributed by atoms with van der Waals surface area (Å²) in [6.07, 6.45) is 6.77. The van der Waals surface area contributed by atoms with Gasteiger partial charge in [-0.15, -0.1) is 11.8 Å². The largest absolute Gasteiger partial charge is 0.455 e. The minimum absolute atomic E-state index is 0.0486. The third kappa shape index (κ3) is 3.67. The second-order valence-electron chi connectivity index (χ2n) is 10.4. The van der Waals surface area contributed by atoms with E-state index in [0.29, 0.717) is 34.8 Å². The lowest BCUT2D eigenvalue weighted by atomic mass is 9.54. The predicted molar refractivity (Wildman–Crippen MR) is 127 cm³/mol. The van der Waals surface area contributed by atoms with Crippen molar-refractivity contribution in [1.29, 1.82) is 0 Å². The Morgan fingerprint density at radius 3 is 2.30 bits per heavy atom. The lowest BCUT2D eigenvalue weighted by molar-refractivity contribution is -0.131. The average molecular weight is 466 g/mol. The number of hydrogen-bond donors (Lipinski definition) is 0. The molecule has 0 N–H and O–H groups in total. The maximum Gasteiger partial charge on any atom is 0.340 e. The maximum atomic E-state index is 13.6. The molecule has 4 saturated carbocycles. The molecule has 5 aliphatic rings. The zero-order chi connectivity index (χ0) is 22.7. The lowest BCUT2D eigenvalue weighted by Crippen LogP contribution is -2.52. The van der Waals surface area contributed by atoms with Gasteiger partial charge in [-0.05, 0) is 92.5 Å². The Labute approximate surface area is 197 Å². The van der Waals surface area contributed by atoms with Crippen LogP contribution in [0.4, 0.5) is 10.1 Å². The Bertz CT molecular complexity index is 1080. The van der Waals surface area contributed by atoms with Gasteiger partial charge in [0.2, 0.25) is 5.91 Å². The van der Waals surface area contributed by atoms with Crippen LogP contribution in [0.3, 0.4) is 0 Å². The van der Waals surface area contributed by atoms with Crippen molar-refractivity contribution >= 4 is 29.3 Å². The van der Waals surface area contributed by atoms with Crippen molar-refractivity contribution in [2.45, 2.75) is 56.4 Å². The number of halogens is 1. The molecule has 0 spiro atoms. The van der Waals surface area contributed by atoms with E-state index in [4.69, 9.17) is 4.74 Å². The SMILES string of the molecule is Cc1cccc(C(=O)OC23CC4CC(CC(C4)C2)C3)c1N1C(=O)CSC1c1ccc(F)cc1. The van der Waals surface area contributed by atoms with Gasteiger partial charge < -0.3 is 4.74 Å². The second-order valence-corrected chi connectivity index (χ2v) is 11.5. The number of carbonyl (C=O) groups excluding carboxylic acids is 2. The molecule has 4 aliphatic carbocycles. The zero-order valence-corrected chi connectivity index (χ0v) is 19.6. The van der Waals surface area contributed by atoms with Gasteiger partial charge in [-0.2, -0.15) is 0 Å². The van der Waals surface area contributed by atoms with Crippen molar-refractivity contribution in [2.24, 2.45) is 17.8 Å². The lowest BCUT2D eigenvalue weighted by Gasteiger charge is -2.55. The van der Waals surface area contributed by atoms with Gasteiger partial charge in [-0.1, -0.05) is 24.3 Å². The number of nitrogens with zero attached hydrogens (tertiary/aromatic N) is 1. The van der Waals surface area contributed by atoms with Gasteiger partial charge in [0.15, 0.2) is 0 Å². The third-order valence-electron chi connectivity index (χ3n) is 8.01. The number of thioether (sulfide) groups is 1. The molecule has 1 heterocycles. The van der Waals surface area contributed by atoms with Crippen molar-refractivity contribution in [3.8, 4) is 0 Å². The molecule has 4 nitrogen and oxygen atoms in total. The molecule has 2 aromatic carbocycles. The molecule has 172 valence electrons. The summed E-state index contributed by atoms with van der Waals surface area (Å²) in [7, 11) is 0. The van der Waals surface area contributed by atoms with Crippen LogP contribution in [-0.2, 0) is 9.53 Å². The summed E-state index contributed by atoms with van der Waals surface area (Å²) >= 11 is 1.50. The van der Waals surface area contributed by atoms with Crippen LogP contribution in [0, 0.1) is 30.5 Å². The fraction of sp³-hybridized carbons (Fsp3) is 0.481. The van der Waals surface area contributed by atoms with Gasteiger partial charge in [0.1, 0.15) is 16.8 Å². The Kier molecular flexibility index (Phi) is 5.05. The average Bonchev–Trinajstić information content (AvgIpc) is 3.13. The van der Waals surface area contributed by atoms with Gasteiger partial charge in [0.05, 0.1) is 17.0 Å². The molecule has 1 amide bonds. The van der Waals surface area contributed by atoms with Crippen molar-refractivity contribution in [2.75, 3.05) is 10.7 Å². The first kappa shape index (κ1) is 21.2. The molecular formula is C27H28FNO3S. The topological polar surface area (TPSA) is 46.6 Å². The Hall–Kier alpha value is -2.34. The normalized spacial score (nSPS) is 32.4. The summed E-state index contributed by atoms with van der Waals surface area (Å²) in [6, 6.07) is 11.8. The summed E-state index contributed by atoms with van der Waals surface area (Å²) < 4.78 is 19.9. The molecular weight excluding hydrogens is 437 g/mol. The quantitative estimate of drug-likeness (QED) is 0.517. The zero-order valence-electron chi connectivity index (χ0n) is 18.8. The minimum atomic E-state index is -0.340. The van der Waals surface area contributed by atoms with E-state index in [9.17, 15) is 14.0 Å². The van der Waals surface area contributed by atoms with Crippen molar-refractivity contribution in [3.05, 3.63) is 65.0 Å². The van der Waals surface area contributed by atoms with Crippen molar-refractivity contribution in [3.63, 3.8) is 0 Å². The summed E-state index contributed by atoms with van der Waals surface area (Å²) in [6.45, 7) is 1.93. The number of aryl methyl sites for hydroxylation is 1. The number of para-hydroxylation sites is 1.